The van der Waals surface area contributed by atoms with Crippen molar-refractivity contribution >= 4 is 11.7 Å². The first kappa shape index (κ1) is 14.4. The molecule has 0 atom stereocenters. The fraction of sp³-hybridized carbons (Fsp3) is 0.462. The van der Waals surface area contributed by atoms with Crippen molar-refractivity contribution in [2.75, 3.05) is 13.1 Å². The predicted octanol–water partition coefficient (Wildman–Crippen LogP) is 2.03. The molecule has 0 bridgehead atoms. The molecule has 0 aliphatic carbocycles. The van der Waals surface area contributed by atoms with Crippen LogP contribution in [-0.2, 0) is 11.3 Å². The Labute approximate surface area is 115 Å². The molecule has 1 aromatic rings. The second kappa shape index (κ2) is 5.96. The lowest BCUT2D eigenvalue weighted by Crippen LogP contribution is -2.36. The van der Waals surface area contributed by atoms with Crippen LogP contribution in [0.25, 0.3) is 0 Å². The second-order valence-corrected chi connectivity index (χ2v) is 4.88. The number of carboxylic acid groups (broad SMARTS) is 1. The van der Waals surface area contributed by atoms with E-state index in [0.717, 1.165) is 0 Å². The normalized spacial score (nSPS) is 17.1. The van der Waals surface area contributed by atoms with Gasteiger partial charge in [-0.05, 0) is 32.0 Å². The molecule has 20 heavy (non-hydrogen) atoms. The maximum Gasteiger partial charge on any atom is 0.306 e. The number of carboxylic acids is 1. The molecule has 7 heteroatoms. The van der Waals surface area contributed by atoms with Gasteiger partial charge >= 0.3 is 5.97 Å². The molecule has 1 saturated heterocycles. The van der Waals surface area contributed by atoms with E-state index in [0.29, 0.717) is 25.9 Å². The van der Waals surface area contributed by atoms with Crippen LogP contribution in [0, 0.1) is 21.8 Å². The second-order valence-electron chi connectivity index (χ2n) is 4.88. The molecule has 0 unspecified atom stereocenters. The van der Waals surface area contributed by atoms with Crippen LogP contribution in [0.2, 0.25) is 0 Å². The smallest absolute Gasteiger partial charge is 0.306 e. The van der Waals surface area contributed by atoms with Gasteiger partial charge in [0.2, 0.25) is 0 Å². The van der Waals surface area contributed by atoms with Crippen LogP contribution in [-0.4, -0.2) is 34.0 Å². The Morgan fingerprint density at radius 1 is 1.45 bits per heavy atom. The highest BCUT2D eigenvalue weighted by atomic mass is 19.1. The molecule has 6 nitrogen and oxygen atoms in total. The number of carbonyl (C=O) groups is 1. The number of rotatable bonds is 4. The minimum absolute atomic E-state index is 0.0614. The Hall–Kier alpha value is -2.02. The van der Waals surface area contributed by atoms with Crippen molar-refractivity contribution in [3.63, 3.8) is 0 Å². The molecule has 0 saturated carbocycles. The van der Waals surface area contributed by atoms with Crippen LogP contribution in [0.1, 0.15) is 18.4 Å². The molecule has 2 rings (SSSR count). The van der Waals surface area contributed by atoms with Crippen LogP contribution < -0.4 is 0 Å². The first-order valence-corrected chi connectivity index (χ1v) is 6.36. The van der Waals surface area contributed by atoms with Crippen LogP contribution >= 0.6 is 0 Å². The quantitative estimate of drug-likeness (QED) is 0.674. The Balaban J connectivity index is 2.08. The summed E-state index contributed by atoms with van der Waals surface area (Å²) in [6.45, 7) is 1.14. The Bertz CT molecular complexity index is 527. The molecule has 1 aliphatic heterocycles. The first-order valence-electron chi connectivity index (χ1n) is 6.36. The van der Waals surface area contributed by atoms with E-state index in [1.165, 1.54) is 18.2 Å². The largest absolute Gasteiger partial charge is 0.481 e. The molecule has 0 spiro atoms. The maximum atomic E-state index is 13.7. The van der Waals surface area contributed by atoms with Gasteiger partial charge in [-0.25, -0.2) is 4.39 Å². The lowest BCUT2D eigenvalue weighted by atomic mass is 9.96. The van der Waals surface area contributed by atoms with Gasteiger partial charge in [-0.3, -0.25) is 19.8 Å². The summed E-state index contributed by atoms with van der Waals surface area (Å²) in [7, 11) is 0. The molecule has 108 valence electrons. The van der Waals surface area contributed by atoms with E-state index in [2.05, 4.69) is 0 Å². The standard InChI is InChI=1S/C13H15FN2O4/c14-11-2-1-3-12(16(19)20)10(11)8-15-6-4-9(5-7-15)13(17)18/h1-3,9H,4-8H2,(H,17,18). The highest BCUT2D eigenvalue weighted by molar-refractivity contribution is 5.70. The molecule has 0 radical (unpaired) electrons. The first-order chi connectivity index (χ1) is 9.49. The van der Waals surface area contributed by atoms with Crippen LogP contribution in [0.3, 0.4) is 0 Å². The van der Waals surface area contributed by atoms with Crippen molar-refractivity contribution in [2.24, 2.45) is 5.92 Å². The van der Waals surface area contributed by atoms with E-state index in [1.54, 1.807) is 0 Å². The van der Waals surface area contributed by atoms with Gasteiger partial charge in [0.25, 0.3) is 5.69 Å². The number of nitro groups is 1. The van der Waals surface area contributed by atoms with Gasteiger partial charge in [-0.1, -0.05) is 6.07 Å². The topological polar surface area (TPSA) is 83.7 Å². The summed E-state index contributed by atoms with van der Waals surface area (Å²) in [5.41, 5.74) is -0.170. The number of benzene rings is 1. The molecule has 1 aromatic carbocycles. The molecule has 1 N–H and O–H groups in total. The third kappa shape index (κ3) is 3.11. The van der Waals surface area contributed by atoms with E-state index in [4.69, 9.17) is 5.11 Å². The van der Waals surface area contributed by atoms with Crippen LogP contribution in [0.4, 0.5) is 10.1 Å². The number of halogens is 1. The van der Waals surface area contributed by atoms with Gasteiger partial charge in [0, 0.05) is 12.6 Å². The van der Waals surface area contributed by atoms with Gasteiger partial charge in [0.15, 0.2) is 0 Å². The average molecular weight is 282 g/mol. The third-order valence-corrected chi connectivity index (χ3v) is 3.61. The lowest BCUT2D eigenvalue weighted by Gasteiger charge is -2.29. The van der Waals surface area contributed by atoms with E-state index < -0.39 is 16.7 Å². The number of piperidine rings is 1. The average Bonchev–Trinajstić information content (AvgIpc) is 2.41. The maximum absolute atomic E-state index is 13.7. The number of hydrogen-bond acceptors (Lipinski definition) is 4. The zero-order valence-corrected chi connectivity index (χ0v) is 10.8. The van der Waals surface area contributed by atoms with Gasteiger partial charge in [-0.15, -0.1) is 0 Å². The van der Waals surface area contributed by atoms with Crippen molar-refractivity contribution in [1.82, 2.24) is 4.90 Å². The van der Waals surface area contributed by atoms with E-state index in [1.807, 2.05) is 4.90 Å². The third-order valence-electron chi connectivity index (χ3n) is 3.61. The number of likely N-dealkylation sites (tertiary alicyclic amines) is 1. The summed E-state index contributed by atoms with van der Waals surface area (Å²) >= 11 is 0. The summed E-state index contributed by atoms with van der Waals surface area (Å²) in [4.78, 5) is 23.0. The Morgan fingerprint density at radius 3 is 2.65 bits per heavy atom. The van der Waals surface area contributed by atoms with Crippen molar-refractivity contribution < 1.29 is 19.2 Å². The van der Waals surface area contributed by atoms with Crippen LogP contribution in [0.5, 0.6) is 0 Å². The molecular weight excluding hydrogens is 267 g/mol. The number of nitrogens with zero attached hydrogens (tertiary/aromatic N) is 2. The monoisotopic (exact) mass is 282 g/mol. The molecule has 1 heterocycles. The minimum Gasteiger partial charge on any atom is -0.481 e. The molecule has 1 aliphatic rings. The van der Waals surface area contributed by atoms with Gasteiger partial charge < -0.3 is 5.11 Å². The number of hydrogen-bond donors (Lipinski definition) is 1. The van der Waals surface area contributed by atoms with Gasteiger partial charge in [0.1, 0.15) is 5.82 Å². The summed E-state index contributed by atoms with van der Waals surface area (Å²) in [6, 6.07) is 3.79. The zero-order valence-electron chi connectivity index (χ0n) is 10.8. The molecule has 0 aromatic heterocycles. The SMILES string of the molecule is O=C(O)C1CCN(Cc2c(F)cccc2[N+](=O)[O-])CC1. The fourth-order valence-corrected chi connectivity index (χ4v) is 2.44. The summed E-state index contributed by atoms with van der Waals surface area (Å²) in [6.07, 6.45) is 0.967. The predicted molar refractivity (Wildman–Crippen MR) is 68.7 cm³/mol. The number of nitro benzene ring substituents is 1. The minimum atomic E-state index is -0.818. The van der Waals surface area contributed by atoms with Crippen molar-refractivity contribution in [3.05, 3.63) is 39.7 Å². The van der Waals surface area contributed by atoms with Crippen LogP contribution in [0.15, 0.2) is 18.2 Å². The number of aliphatic carboxylic acids is 1. The Morgan fingerprint density at radius 2 is 2.10 bits per heavy atom. The Kier molecular flexibility index (Phi) is 4.29. The van der Waals surface area contributed by atoms with Gasteiger partial charge in [-0.2, -0.15) is 0 Å². The summed E-state index contributed by atoms with van der Waals surface area (Å²) in [5, 5.41) is 19.8. The van der Waals surface area contributed by atoms with E-state index in [-0.39, 0.29) is 23.7 Å². The van der Waals surface area contributed by atoms with E-state index >= 15 is 0 Å². The van der Waals surface area contributed by atoms with Crippen molar-refractivity contribution in [2.45, 2.75) is 19.4 Å². The summed E-state index contributed by atoms with van der Waals surface area (Å²) in [5.74, 6) is -1.79. The highest BCUT2D eigenvalue weighted by Crippen LogP contribution is 2.25. The lowest BCUT2D eigenvalue weighted by molar-refractivity contribution is -0.386. The van der Waals surface area contributed by atoms with Gasteiger partial charge in [0.05, 0.1) is 16.4 Å². The zero-order chi connectivity index (χ0) is 14.7. The fourth-order valence-electron chi connectivity index (χ4n) is 2.44. The van der Waals surface area contributed by atoms with Crippen molar-refractivity contribution in [1.29, 1.82) is 0 Å². The molecule has 0 amide bonds. The highest BCUT2D eigenvalue weighted by Gasteiger charge is 2.27. The molecular formula is C13H15FN2O4. The van der Waals surface area contributed by atoms with E-state index in [9.17, 15) is 19.3 Å². The summed E-state index contributed by atoms with van der Waals surface area (Å²) < 4.78 is 13.7. The molecule has 1 fully saturated rings. The van der Waals surface area contributed by atoms with Crippen molar-refractivity contribution in [3.8, 4) is 0 Å².